The first kappa shape index (κ1) is 10.2. The summed E-state index contributed by atoms with van der Waals surface area (Å²) >= 11 is 0. The van der Waals surface area contributed by atoms with Crippen LogP contribution in [0.4, 0.5) is 4.79 Å². The van der Waals surface area contributed by atoms with Crippen LogP contribution < -0.4 is 0 Å². The predicted molar refractivity (Wildman–Crippen MR) is 58.7 cm³/mol. The van der Waals surface area contributed by atoms with Crippen molar-refractivity contribution in [2.24, 2.45) is 0 Å². The van der Waals surface area contributed by atoms with E-state index in [0.717, 1.165) is 17.9 Å². The Labute approximate surface area is 82.2 Å². The van der Waals surface area contributed by atoms with Crippen LogP contribution >= 0.6 is 21.6 Å². The first-order chi connectivity index (χ1) is 5.75. The SMILES string of the molecule is BOC(=O)N(B)C1CCSSC1. The summed E-state index contributed by atoms with van der Waals surface area (Å²) in [5.74, 6) is 2.13. The molecule has 1 amide bonds. The van der Waals surface area contributed by atoms with E-state index < -0.39 is 0 Å². The molecule has 1 aliphatic rings. The Bertz CT molecular complexity index is 166. The van der Waals surface area contributed by atoms with Gasteiger partial charge in [-0.15, -0.1) is 0 Å². The first-order valence-electron chi connectivity index (χ1n) is 3.81. The van der Waals surface area contributed by atoms with E-state index in [0.29, 0.717) is 6.04 Å². The van der Waals surface area contributed by atoms with Crippen molar-refractivity contribution in [1.82, 2.24) is 4.81 Å². The van der Waals surface area contributed by atoms with Gasteiger partial charge in [0.15, 0.2) is 0 Å². The Morgan fingerprint density at radius 1 is 1.58 bits per heavy atom. The average Bonchev–Trinajstić information content (AvgIpc) is 2.17. The number of nitrogens with zero attached hydrogens (tertiary/aromatic N) is 1. The minimum Gasteiger partial charge on any atom is -0.529 e. The smallest absolute Gasteiger partial charge is 0.378 e. The zero-order valence-electron chi connectivity index (χ0n) is 7.28. The largest absolute Gasteiger partial charge is 0.529 e. The second-order valence-electron chi connectivity index (χ2n) is 2.63. The van der Waals surface area contributed by atoms with Crippen LogP contribution in [0.1, 0.15) is 6.42 Å². The summed E-state index contributed by atoms with van der Waals surface area (Å²) in [5.41, 5.74) is 0. The number of carbonyl (C=O) groups excluding carboxylic acids is 1. The fraction of sp³-hybridized carbons (Fsp3) is 0.800. The van der Waals surface area contributed by atoms with E-state index in [1.165, 1.54) is 8.05 Å². The van der Waals surface area contributed by atoms with Gasteiger partial charge in [0.25, 0.3) is 0 Å². The Kier molecular flexibility index (Phi) is 4.21. The lowest BCUT2D eigenvalue weighted by molar-refractivity contribution is 0.174. The molecule has 0 spiro atoms. The molecule has 66 valence electrons. The summed E-state index contributed by atoms with van der Waals surface area (Å²) in [5, 5.41) is 0. The highest BCUT2D eigenvalue weighted by Gasteiger charge is 2.21. The lowest BCUT2D eigenvalue weighted by Gasteiger charge is -2.30. The zero-order chi connectivity index (χ0) is 8.97. The molecule has 12 heavy (non-hydrogen) atoms. The van der Waals surface area contributed by atoms with Crippen molar-refractivity contribution in [1.29, 1.82) is 0 Å². The van der Waals surface area contributed by atoms with Crippen LogP contribution in [0.15, 0.2) is 0 Å². The summed E-state index contributed by atoms with van der Waals surface area (Å²) in [6.07, 6.45) is 0.844. The molecule has 1 aliphatic heterocycles. The van der Waals surface area contributed by atoms with Crippen LogP contribution in [0.25, 0.3) is 0 Å². The Morgan fingerprint density at radius 2 is 2.33 bits per heavy atom. The van der Waals surface area contributed by atoms with Gasteiger partial charge in [0.2, 0.25) is 7.98 Å². The second kappa shape index (κ2) is 4.97. The quantitative estimate of drug-likeness (QED) is 0.431. The second-order valence-corrected chi connectivity index (χ2v) is 5.26. The number of rotatable bonds is 1. The normalized spacial score (nSPS) is 23.2. The highest BCUT2D eigenvalue weighted by molar-refractivity contribution is 8.76. The summed E-state index contributed by atoms with van der Waals surface area (Å²) in [7, 11) is 6.92. The first-order valence-corrected chi connectivity index (χ1v) is 6.29. The van der Waals surface area contributed by atoms with Gasteiger partial charge in [0.05, 0.1) is 0 Å². The summed E-state index contributed by atoms with van der Waals surface area (Å²) < 4.78 is 4.64. The van der Waals surface area contributed by atoms with Gasteiger partial charge in [0.1, 0.15) is 0 Å². The third-order valence-electron chi connectivity index (χ3n) is 1.89. The molecule has 0 N–H and O–H groups in total. The van der Waals surface area contributed by atoms with Crippen LogP contribution in [0.3, 0.4) is 0 Å². The molecule has 1 atom stereocenters. The maximum Gasteiger partial charge on any atom is 0.378 e. The highest BCUT2D eigenvalue weighted by atomic mass is 33.1. The molecule has 0 aromatic rings. The van der Waals surface area contributed by atoms with Gasteiger partial charge in [-0.1, -0.05) is 21.6 Å². The fourth-order valence-corrected chi connectivity index (χ4v) is 3.58. The maximum absolute atomic E-state index is 11.1. The maximum atomic E-state index is 11.1. The van der Waals surface area contributed by atoms with E-state index in [9.17, 15) is 4.79 Å². The minimum absolute atomic E-state index is 0.229. The van der Waals surface area contributed by atoms with Crippen LogP contribution in [-0.4, -0.2) is 44.5 Å². The van der Waals surface area contributed by atoms with Gasteiger partial charge in [-0.25, -0.2) is 4.79 Å². The van der Waals surface area contributed by atoms with E-state index in [2.05, 4.69) is 4.65 Å². The molecule has 1 rings (SSSR count). The van der Waals surface area contributed by atoms with Crippen molar-refractivity contribution in [2.45, 2.75) is 12.5 Å². The summed E-state index contributed by atoms with van der Waals surface area (Å²) in [4.78, 5) is 12.8. The van der Waals surface area contributed by atoms with E-state index in [4.69, 9.17) is 0 Å². The molecule has 0 bridgehead atoms. The third-order valence-corrected chi connectivity index (χ3v) is 4.39. The molecule has 1 fully saturated rings. The Balaban J connectivity index is 2.39. The zero-order valence-corrected chi connectivity index (χ0v) is 8.91. The molecule has 7 heteroatoms. The standard InChI is InChI=1S/C5H11B2NO2S2/c6-8(5(9)10-7)4-1-2-11-12-3-4/h4H,1-3,6-7H2. The van der Waals surface area contributed by atoms with E-state index in [1.54, 1.807) is 12.8 Å². The topological polar surface area (TPSA) is 29.5 Å². The van der Waals surface area contributed by atoms with Crippen LogP contribution in [0, 0.1) is 0 Å². The number of hydrogen-bond acceptors (Lipinski definition) is 4. The number of carbonyl (C=O) groups is 1. The number of hydrogen-bond donors (Lipinski definition) is 0. The molecule has 0 aliphatic carbocycles. The third kappa shape index (κ3) is 2.55. The van der Waals surface area contributed by atoms with Crippen molar-refractivity contribution in [3.05, 3.63) is 0 Å². The van der Waals surface area contributed by atoms with E-state index >= 15 is 0 Å². The fourth-order valence-electron chi connectivity index (χ4n) is 1.05. The molecule has 0 saturated carbocycles. The molecule has 0 aromatic heterocycles. The van der Waals surface area contributed by atoms with Crippen molar-refractivity contribution < 1.29 is 9.45 Å². The van der Waals surface area contributed by atoms with E-state index in [-0.39, 0.29) is 6.09 Å². The lowest BCUT2D eigenvalue weighted by atomic mass is 10.1. The molecule has 1 unspecified atom stereocenters. The lowest BCUT2D eigenvalue weighted by Crippen LogP contribution is -2.41. The van der Waals surface area contributed by atoms with Gasteiger partial charge in [-0.05, 0) is 6.42 Å². The molecule has 1 saturated heterocycles. The van der Waals surface area contributed by atoms with Crippen molar-refractivity contribution >= 4 is 43.7 Å². The minimum atomic E-state index is -0.229. The van der Waals surface area contributed by atoms with Crippen molar-refractivity contribution in [3.8, 4) is 0 Å². The van der Waals surface area contributed by atoms with Gasteiger partial charge in [-0.3, -0.25) is 0 Å². The van der Waals surface area contributed by atoms with Crippen molar-refractivity contribution in [2.75, 3.05) is 11.5 Å². The monoisotopic (exact) mass is 203 g/mol. The highest BCUT2D eigenvalue weighted by Crippen LogP contribution is 2.31. The average molecular weight is 203 g/mol. The van der Waals surface area contributed by atoms with Crippen molar-refractivity contribution in [3.63, 3.8) is 0 Å². The Hall–Kier alpha value is 0.0999. The molecule has 3 nitrogen and oxygen atoms in total. The van der Waals surface area contributed by atoms with E-state index in [1.807, 2.05) is 21.6 Å². The molecule has 1 heterocycles. The van der Waals surface area contributed by atoms with Crippen LogP contribution in [0.2, 0.25) is 0 Å². The summed E-state index contributed by atoms with van der Waals surface area (Å²) in [6, 6.07) is 0.351. The van der Waals surface area contributed by atoms with Gasteiger partial charge in [-0.2, -0.15) is 0 Å². The molecule has 0 aromatic carbocycles. The summed E-state index contributed by atoms with van der Waals surface area (Å²) in [6.45, 7) is 0. The molecular weight excluding hydrogens is 192 g/mol. The predicted octanol–water partition coefficient (Wildman–Crippen LogP) is -0.325. The van der Waals surface area contributed by atoms with Crippen LogP contribution in [0.5, 0.6) is 0 Å². The Morgan fingerprint density at radius 3 is 2.83 bits per heavy atom. The molecule has 0 radical (unpaired) electrons. The molecular formula is C5H11B2NO2S2. The van der Waals surface area contributed by atoms with Gasteiger partial charge < -0.3 is 9.47 Å². The van der Waals surface area contributed by atoms with Crippen LogP contribution in [-0.2, 0) is 4.65 Å². The van der Waals surface area contributed by atoms with Gasteiger partial charge >= 0.3 is 14.1 Å². The van der Waals surface area contributed by atoms with Gasteiger partial charge in [0, 0.05) is 17.5 Å². The number of amides is 1.